The van der Waals surface area contributed by atoms with E-state index in [0.29, 0.717) is 0 Å². The third kappa shape index (κ3) is 4.77. The van der Waals surface area contributed by atoms with Gasteiger partial charge in [0.1, 0.15) is 16.5 Å². The van der Waals surface area contributed by atoms with Gasteiger partial charge in [0.25, 0.3) is 0 Å². The highest BCUT2D eigenvalue weighted by Gasteiger charge is 2.09. The smallest absolute Gasteiger partial charge is 0.138 e. The van der Waals surface area contributed by atoms with Crippen LogP contribution in [0.2, 0.25) is 5.02 Å². The Balaban J connectivity index is 1.36. The molecular formula is C24H24ClN3S. The summed E-state index contributed by atoms with van der Waals surface area (Å²) in [6, 6.07) is 18.9. The van der Waals surface area contributed by atoms with Gasteiger partial charge in [-0.2, -0.15) is 0 Å². The minimum Gasteiger partial charge on any atom is -0.369 e. The van der Waals surface area contributed by atoms with Gasteiger partial charge in [-0.3, -0.25) is 0 Å². The van der Waals surface area contributed by atoms with Crippen LogP contribution in [0, 0.1) is 6.92 Å². The molecular weight excluding hydrogens is 398 g/mol. The largest absolute Gasteiger partial charge is 0.369 e. The van der Waals surface area contributed by atoms with Gasteiger partial charge in [0.05, 0.1) is 5.39 Å². The van der Waals surface area contributed by atoms with Gasteiger partial charge in [-0.15, -0.1) is 11.3 Å². The lowest BCUT2D eigenvalue weighted by atomic mass is 10.0. The predicted molar refractivity (Wildman–Crippen MR) is 125 cm³/mol. The van der Waals surface area contributed by atoms with Crippen LogP contribution in [0.4, 0.5) is 5.82 Å². The minimum absolute atomic E-state index is 0.766. The first kappa shape index (κ1) is 19.9. The predicted octanol–water partition coefficient (Wildman–Crippen LogP) is 6.93. The van der Waals surface area contributed by atoms with Crippen LogP contribution < -0.4 is 5.32 Å². The highest BCUT2D eigenvalue weighted by molar-refractivity contribution is 7.18. The number of thiophene rings is 1. The van der Waals surface area contributed by atoms with Gasteiger partial charge >= 0.3 is 0 Å². The molecule has 2 aromatic carbocycles. The summed E-state index contributed by atoms with van der Waals surface area (Å²) in [7, 11) is 0. The van der Waals surface area contributed by atoms with Crippen LogP contribution in [0.1, 0.15) is 29.6 Å². The molecule has 1 N–H and O–H groups in total. The zero-order chi connectivity index (χ0) is 20.2. The Morgan fingerprint density at radius 2 is 1.66 bits per heavy atom. The van der Waals surface area contributed by atoms with Crippen molar-refractivity contribution in [1.82, 2.24) is 9.97 Å². The first-order valence-electron chi connectivity index (χ1n) is 9.98. The summed E-state index contributed by atoms with van der Waals surface area (Å²) in [5.74, 6) is 1.87. The summed E-state index contributed by atoms with van der Waals surface area (Å²) in [4.78, 5) is 11.7. The van der Waals surface area contributed by atoms with E-state index in [1.54, 1.807) is 11.3 Å². The summed E-state index contributed by atoms with van der Waals surface area (Å²) in [6.45, 7) is 5.11. The van der Waals surface area contributed by atoms with Crippen LogP contribution in [0.3, 0.4) is 0 Å². The Hall–Kier alpha value is -2.43. The molecule has 0 aliphatic heterocycles. The number of rotatable bonds is 7. The number of hydrogen-bond acceptors (Lipinski definition) is 4. The molecule has 148 valence electrons. The van der Waals surface area contributed by atoms with Crippen molar-refractivity contribution in [3.05, 3.63) is 75.9 Å². The number of hydrogen-bond donors (Lipinski definition) is 1. The van der Waals surface area contributed by atoms with Crippen molar-refractivity contribution in [2.75, 3.05) is 11.9 Å². The lowest BCUT2D eigenvalue weighted by molar-refractivity contribution is 0.855. The Labute approximate surface area is 180 Å². The van der Waals surface area contributed by atoms with Crippen molar-refractivity contribution in [2.45, 2.75) is 33.1 Å². The number of fused-ring (bicyclic) bond motifs is 1. The summed E-state index contributed by atoms with van der Waals surface area (Å²) in [6.07, 6.45) is 2.93. The number of aryl methyl sites for hydroxylation is 3. The molecule has 29 heavy (non-hydrogen) atoms. The van der Waals surface area contributed by atoms with Crippen molar-refractivity contribution in [3.8, 4) is 11.1 Å². The Morgan fingerprint density at radius 3 is 2.34 bits per heavy atom. The second kappa shape index (κ2) is 8.93. The second-order valence-corrected chi connectivity index (χ2v) is 8.82. The molecule has 3 nitrogen and oxygen atoms in total. The Morgan fingerprint density at radius 1 is 0.966 bits per heavy atom. The third-order valence-electron chi connectivity index (χ3n) is 4.94. The summed E-state index contributed by atoms with van der Waals surface area (Å²) >= 11 is 7.71. The van der Waals surface area contributed by atoms with Gasteiger partial charge in [0.15, 0.2) is 0 Å². The van der Waals surface area contributed by atoms with Crippen LogP contribution in [-0.4, -0.2) is 16.5 Å². The lowest BCUT2D eigenvalue weighted by Gasteiger charge is -2.09. The summed E-state index contributed by atoms with van der Waals surface area (Å²) in [5, 5.41) is 5.43. The van der Waals surface area contributed by atoms with Gasteiger partial charge in [-0.05, 0) is 54.7 Å². The van der Waals surface area contributed by atoms with Crippen molar-refractivity contribution in [2.24, 2.45) is 0 Å². The van der Waals surface area contributed by atoms with E-state index >= 15 is 0 Å². The van der Waals surface area contributed by atoms with Crippen molar-refractivity contribution >= 4 is 39.0 Å². The molecule has 0 bridgehead atoms. The number of benzene rings is 2. The normalized spacial score (nSPS) is 11.1. The van der Waals surface area contributed by atoms with E-state index < -0.39 is 0 Å². The molecule has 4 rings (SSSR count). The number of nitrogens with zero attached hydrogens (tertiary/aromatic N) is 2. The molecule has 0 atom stereocenters. The molecule has 0 aliphatic rings. The van der Waals surface area contributed by atoms with E-state index in [4.69, 9.17) is 16.6 Å². The third-order valence-corrected chi connectivity index (χ3v) is 6.14. The monoisotopic (exact) mass is 421 g/mol. The van der Waals surface area contributed by atoms with Crippen molar-refractivity contribution in [1.29, 1.82) is 0 Å². The van der Waals surface area contributed by atoms with Crippen LogP contribution in [-0.2, 0) is 12.8 Å². The molecule has 0 unspecified atom stereocenters. The maximum atomic E-state index is 5.98. The molecule has 0 saturated heterocycles. The lowest BCUT2D eigenvalue weighted by Crippen LogP contribution is -2.07. The van der Waals surface area contributed by atoms with Gasteiger partial charge in [0.2, 0.25) is 0 Å². The molecule has 5 heteroatoms. The van der Waals surface area contributed by atoms with E-state index in [9.17, 15) is 0 Å². The molecule has 0 fully saturated rings. The van der Waals surface area contributed by atoms with E-state index in [0.717, 1.165) is 52.7 Å². The zero-order valence-electron chi connectivity index (χ0n) is 16.7. The van der Waals surface area contributed by atoms with Gasteiger partial charge in [0, 0.05) is 22.9 Å². The summed E-state index contributed by atoms with van der Waals surface area (Å²) in [5.41, 5.74) is 3.75. The molecule has 0 spiro atoms. The first-order valence-corrected chi connectivity index (χ1v) is 11.2. The fraction of sp³-hybridized carbons (Fsp3) is 0.250. The molecule has 0 amide bonds. The molecule has 0 saturated carbocycles. The highest BCUT2D eigenvalue weighted by atomic mass is 35.5. The quantitative estimate of drug-likeness (QED) is 0.329. The van der Waals surface area contributed by atoms with Gasteiger partial charge in [-0.25, -0.2) is 9.97 Å². The fourth-order valence-corrected chi connectivity index (χ4v) is 4.41. The average molecular weight is 422 g/mol. The van der Waals surface area contributed by atoms with Gasteiger partial charge < -0.3 is 5.32 Å². The highest BCUT2D eigenvalue weighted by Crippen LogP contribution is 2.28. The van der Waals surface area contributed by atoms with Crippen LogP contribution in [0.15, 0.2) is 54.6 Å². The maximum Gasteiger partial charge on any atom is 0.138 e. The summed E-state index contributed by atoms with van der Waals surface area (Å²) < 4.78 is 0. The topological polar surface area (TPSA) is 37.8 Å². The molecule has 0 radical (unpaired) electrons. The maximum absolute atomic E-state index is 5.98. The molecule has 2 aromatic heterocycles. The van der Waals surface area contributed by atoms with Crippen LogP contribution in [0.5, 0.6) is 0 Å². The Kier molecular flexibility index (Phi) is 6.12. The minimum atomic E-state index is 0.766. The Bertz CT molecular complexity index is 1100. The number of aromatic nitrogens is 2. The van der Waals surface area contributed by atoms with Crippen LogP contribution in [0.25, 0.3) is 21.3 Å². The fourth-order valence-electron chi connectivity index (χ4n) is 3.38. The molecule has 0 aliphatic carbocycles. The average Bonchev–Trinajstić information content (AvgIpc) is 3.12. The van der Waals surface area contributed by atoms with Gasteiger partial charge in [-0.1, -0.05) is 54.9 Å². The number of nitrogens with one attached hydrogen (secondary N) is 1. The van der Waals surface area contributed by atoms with E-state index in [1.165, 1.54) is 21.6 Å². The first-order chi connectivity index (χ1) is 14.1. The van der Waals surface area contributed by atoms with Crippen LogP contribution >= 0.6 is 22.9 Å². The van der Waals surface area contributed by atoms with Crippen molar-refractivity contribution < 1.29 is 0 Å². The van der Waals surface area contributed by atoms with E-state index in [-0.39, 0.29) is 0 Å². The zero-order valence-corrected chi connectivity index (χ0v) is 18.3. The standard InChI is InChI=1S/C24H24ClN3S/c1-3-22-27-23(21-15-16(2)29-24(21)28-22)26-14-4-5-17-6-8-18(9-7-17)19-10-12-20(25)13-11-19/h6-13,15H,3-5,14H2,1-2H3,(H,26,27,28). The molecule has 4 aromatic rings. The second-order valence-electron chi connectivity index (χ2n) is 7.15. The van der Waals surface area contributed by atoms with E-state index in [1.807, 2.05) is 12.1 Å². The molecule has 2 heterocycles. The van der Waals surface area contributed by atoms with E-state index in [2.05, 4.69) is 66.6 Å². The number of anilines is 1. The van der Waals surface area contributed by atoms with Crippen molar-refractivity contribution in [3.63, 3.8) is 0 Å². The number of halogens is 1. The SMILES string of the molecule is CCc1nc(NCCCc2ccc(-c3ccc(Cl)cc3)cc2)c2cc(C)sc2n1.